The molecule has 8 nitrogen and oxygen atoms in total. The van der Waals surface area contributed by atoms with Gasteiger partial charge in [-0.15, -0.1) is 0 Å². The second-order valence-electron chi connectivity index (χ2n) is 7.34. The summed E-state index contributed by atoms with van der Waals surface area (Å²) < 4.78 is 9.72. The molecule has 2 heterocycles. The molecule has 0 spiro atoms. The van der Waals surface area contributed by atoms with E-state index in [4.69, 9.17) is 27.9 Å². The second-order valence-corrected chi connectivity index (χ2v) is 8.18. The lowest BCUT2D eigenvalue weighted by atomic mass is 10.2. The Morgan fingerprint density at radius 2 is 1.90 bits per heavy atom. The number of halogens is 2. The summed E-state index contributed by atoms with van der Waals surface area (Å²) in [4.78, 5) is 30.4. The predicted molar refractivity (Wildman–Crippen MR) is 120 cm³/mol. The van der Waals surface area contributed by atoms with E-state index in [1.165, 1.54) is 4.57 Å². The van der Waals surface area contributed by atoms with Crippen LogP contribution in [0.5, 0.6) is 0 Å². The average Bonchev–Trinajstić information content (AvgIpc) is 3.01. The van der Waals surface area contributed by atoms with Crippen molar-refractivity contribution in [3.8, 4) is 0 Å². The van der Waals surface area contributed by atoms with E-state index < -0.39 is 11.2 Å². The number of nitrogens with one attached hydrogen (secondary N) is 1. The van der Waals surface area contributed by atoms with Crippen LogP contribution in [0.1, 0.15) is 25.8 Å². The molecule has 2 aromatic heterocycles. The van der Waals surface area contributed by atoms with E-state index in [-0.39, 0.29) is 12.6 Å². The molecule has 1 N–H and O–H groups in total. The first-order valence-electron chi connectivity index (χ1n) is 9.66. The van der Waals surface area contributed by atoms with Crippen LogP contribution < -0.4 is 16.6 Å². The minimum Gasteiger partial charge on any atom is -0.379 e. The van der Waals surface area contributed by atoms with Crippen molar-refractivity contribution in [3.63, 3.8) is 0 Å². The third-order valence-corrected chi connectivity index (χ3v) is 5.35. The Kier molecular flexibility index (Phi) is 6.90. The highest BCUT2D eigenvalue weighted by Crippen LogP contribution is 2.21. The van der Waals surface area contributed by atoms with E-state index in [2.05, 4.69) is 10.3 Å². The first-order valence-corrected chi connectivity index (χ1v) is 10.4. The smallest absolute Gasteiger partial charge is 0.332 e. The quantitative estimate of drug-likeness (QED) is 0.530. The molecular weight excluding hydrogens is 429 g/mol. The van der Waals surface area contributed by atoms with Crippen LogP contribution in [0.25, 0.3) is 11.2 Å². The molecule has 0 aliphatic rings. The molecule has 0 aliphatic heterocycles. The third kappa shape index (κ3) is 4.55. The number of anilines is 1. The summed E-state index contributed by atoms with van der Waals surface area (Å²) in [5.41, 5.74) is 0.402. The number of fused-ring (bicyclic) bond motifs is 1. The molecule has 0 radical (unpaired) electrons. The van der Waals surface area contributed by atoms with Gasteiger partial charge < -0.3 is 14.6 Å². The molecule has 0 aliphatic carbocycles. The standard InChI is InChI=1S/C20H25Cl2N5O3/c1-12(2)30-9-5-8-23-19-24-17-16(25(19)3)18(28)27(20(29)26(17)4)11-13-6-7-14(21)10-15(13)22/h6-7,10,12H,5,8-9,11H2,1-4H3,(H,23,24). The van der Waals surface area contributed by atoms with Crippen LogP contribution in [0, 0.1) is 0 Å². The number of imidazole rings is 1. The molecule has 0 fully saturated rings. The number of aromatic nitrogens is 4. The summed E-state index contributed by atoms with van der Waals surface area (Å²) in [5, 5.41) is 4.09. The number of aryl methyl sites for hydroxylation is 2. The van der Waals surface area contributed by atoms with Gasteiger partial charge in [-0.25, -0.2) is 4.79 Å². The molecule has 3 rings (SSSR count). The summed E-state index contributed by atoms with van der Waals surface area (Å²) in [7, 11) is 3.34. The Morgan fingerprint density at radius 3 is 2.57 bits per heavy atom. The SMILES string of the molecule is CC(C)OCCCNc1nc2c(c(=O)n(Cc3ccc(Cl)cc3Cl)c(=O)n2C)n1C. The van der Waals surface area contributed by atoms with Gasteiger partial charge in [-0.1, -0.05) is 29.3 Å². The van der Waals surface area contributed by atoms with Gasteiger partial charge in [0.15, 0.2) is 11.2 Å². The van der Waals surface area contributed by atoms with E-state index in [0.717, 1.165) is 11.0 Å². The Hall–Kier alpha value is -2.29. The van der Waals surface area contributed by atoms with Gasteiger partial charge >= 0.3 is 5.69 Å². The molecule has 3 aromatic rings. The van der Waals surface area contributed by atoms with Crippen LogP contribution in [-0.2, 0) is 25.4 Å². The van der Waals surface area contributed by atoms with Crippen molar-refractivity contribution in [2.45, 2.75) is 32.9 Å². The van der Waals surface area contributed by atoms with Crippen LogP contribution in [0.15, 0.2) is 27.8 Å². The van der Waals surface area contributed by atoms with Crippen LogP contribution in [0.4, 0.5) is 5.95 Å². The maximum Gasteiger partial charge on any atom is 0.332 e. The number of rotatable bonds is 8. The molecule has 162 valence electrons. The first-order chi connectivity index (χ1) is 14.2. The van der Waals surface area contributed by atoms with E-state index in [1.54, 1.807) is 36.9 Å². The van der Waals surface area contributed by atoms with Crippen molar-refractivity contribution < 1.29 is 4.74 Å². The number of ether oxygens (including phenoxy) is 1. The summed E-state index contributed by atoms with van der Waals surface area (Å²) in [6.45, 7) is 5.27. The van der Waals surface area contributed by atoms with Crippen molar-refractivity contribution in [3.05, 3.63) is 54.6 Å². The van der Waals surface area contributed by atoms with Gasteiger partial charge in [-0.05, 0) is 38.0 Å². The maximum absolute atomic E-state index is 13.1. The summed E-state index contributed by atoms with van der Waals surface area (Å²) in [5.74, 6) is 0.518. The molecular formula is C20H25Cl2N5O3. The van der Waals surface area contributed by atoms with Crippen molar-refractivity contribution >= 4 is 40.3 Å². The summed E-state index contributed by atoms with van der Waals surface area (Å²) in [6, 6.07) is 4.96. The van der Waals surface area contributed by atoms with Crippen LogP contribution in [0.2, 0.25) is 10.0 Å². The minimum absolute atomic E-state index is 0.0396. The lowest BCUT2D eigenvalue weighted by molar-refractivity contribution is 0.0787. The highest BCUT2D eigenvalue weighted by atomic mass is 35.5. The van der Waals surface area contributed by atoms with Gasteiger partial charge in [0.2, 0.25) is 5.95 Å². The Labute approximate surface area is 184 Å². The van der Waals surface area contributed by atoms with Crippen LogP contribution in [-0.4, -0.2) is 37.9 Å². The molecule has 0 saturated carbocycles. The molecule has 30 heavy (non-hydrogen) atoms. The van der Waals surface area contributed by atoms with Gasteiger partial charge in [0, 0.05) is 37.3 Å². The van der Waals surface area contributed by atoms with Crippen molar-refractivity contribution in [2.24, 2.45) is 14.1 Å². The van der Waals surface area contributed by atoms with Crippen molar-refractivity contribution in [1.29, 1.82) is 0 Å². The van der Waals surface area contributed by atoms with Gasteiger partial charge in [-0.3, -0.25) is 13.9 Å². The number of hydrogen-bond acceptors (Lipinski definition) is 5. The Morgan fingerprint density at radius 1 is 1.17 bits per heavy atom. The second kappa shape index (κ2) is 9.24. The van der Waals surface area contributed by atoms with Gasteiger partial charge in [0.1, 0.15) is 0 Å². The zero-order valence-electron chi connectivity index (χ0n) is 17.4. The summed E-state index contributed by atoms with van der Waals surface area (Å²) in [6.07, 6.45) is 0.975. The molecule has 0 bridgehead atoms. The highest BCUT2D eigenvalue weighted by molar-refractivity contribution is 6.35. The number of nitrogens with zero attached hydrogens (tertiary/aromatic N) is 4. The molecule has 1 aromatic carbocycles. The molecule has 0 amide bonds. The first kappa shape index (κ1) is 22.4. The minimum atomic E-state index is -0.464. The zero-order valence-corrected chi connectivity index (χ0v) is 18.9. The molecule has 0 unspecified atom stereocenters. The number of benzene rings is 1. The van der Waals surface area contributed by atoms with Crippen LogP contribution in [0.3, 0.4) is 0 Å². The number of hydrogen-bond donors (Lipinski definition) is 1. The molecule has 0 atom stereocenters. The average molecular weight is 454 g/mol. The van der Waals surface area contributed by atoms with Crippen LogP contribution >= 0.6 is 23.2 Å². The van der Waals surface area contributed by atoms with Gasteiger partial charge in [0.25, 0.3) is 5.56 Å². The maximum atomic E-state index is 13.1. The monoisotopic (exact) mass is 453 g/mol. The Bertz CT molecular complexity index is 1180. The third-order valence-electron chi connectivity index (χ3n) is 4.76. The van der Waals surface area contributed by atoms with E-state index in [1.807, 2.05) is 13.8 Å². The molecule has 10 heteroatoms. The topological polar surface area (TPSA) is 83.1 Å². The fourth-order valence-corrected chi connectivity index (χ4v) is 3.62. The predicted octanol–water partition coefficient (Wildman–Crippen LogP) is 3.02. The lowest BCUT2D eigenvalue weighted by Gasteiger charge is -2.10. The zero-order chi connectivity index (χ0) is 22.0. The lowest BCUT2D eigenvalue weighted by Crippen LogP contribution is -2.39. The van der Waals surface area contributed by atoms with E-state index >= 15 is 0 Å². The van der Waals surface area contributed by atoms with Gasteiger partial charge in [-0.2, -0.15) is 4.98 Å². The molecule has 0 saturated heterocycles. The van der Waals surface area contributed by atoms with Crippen molar-refractivity contribution in [2.75, 3.05) is 18.5 Å². The summed E-state index contributed by atoms with van der Waals surface area (Å²) >= 11 is 12.2. The highest BCUT2D eigenvalue weighted by Gasteiger charge is 2.19. The fourth-order valence-electron chi connectivity index (χ4n) is 3.15. The fraction of sp³-hybridized carbons (Fsp3) is 0.450. The van der Waals surface area contributed by atoms with E-state index in [9.17, 15) is 9.59 Å². The normalized spacial score (nSPS) is 11.6. The van der Waals surface area contributed by atoms with Crippen molar-refractivity contribution in [1.82, 2.24) is 18.7 Å². The largest absolute Gasteiger partial charge is 0.379 e. The van der Waals surface area contributed by atoms with E-state index in [0.29, 0.717) is 45.9 Å². The van der Waals surface area contributed by atoms with Gasteiger partial charge in [0.05, 0.1) is 12.6 Å². The Balaban J connectivity index is 1.94.